The Labute approximate surface area is 127 Å². The molecular weight excluding hydrogens is 278 g/mol. The van der Waals surface area contributed by atoms with Crippen molar-refractivity contribution >= 4 is 17.4 Å². The van der Waals surface area contributed by atoms with Gasteiger partial charge < -0.3 is 11.1 Å². The highest BCUT2D eigenvalue weighted by Crippen LogP contribution is 2.21. The quantitative estimate of drug-likeness (QED) is 0.769. The van der Waals surface area contributed by atoms with Gasteiger partial charge in [-0.2, -0.15) is 0 Å². The largest absolute Gasteiger partial charge is 0.366 e. The number of carbonyl (C=O) groups is 1. The second-order valence-corrected chi connectivity index (χ2v) is 4.54. The molecule has 0 aliphatic carbocycles. The van der Waals surface area contributed by atoms with E-state index in [-0.39, 0.29) is 0 Å². The molecule has 0 fully saturated rings. The van der Waals surface area contributed by atoms with Crippen molar-refractivity contribution in [3.05, 3.63) is 66.6 Å². The van der Waals surface area contributed by atoms with Crippen LogP contribution >= 0.6 is 0 Å². The van der Waals surface area contributed by atoms with Crippen LogP contribution in [-0.4, -0.2) is 20.9 Å². The molecule has 0 bridgehead atoms. The van der Waals surface area contributed by atoms with Gasteiger partial charge in [0.25, 0.3) is 5.91 Å². The number of benzene rings is 1. The number of pyridine rings is 1. The molecule has 6 nitrogen and oxygen atoms in total. The number of hydrogen-bond donors (Lipinski definition) is 2. The number of nitrogens with zero attached hydrogens (tertiary/aromatic N) is 3. The SMILES string of the molecule is NC(=O)c1ccccc1Nc1ccnc(-c2cccnc2)n1. The fraction of sp³-hybridized carbons (Fsp3) is 0. The van der Waals surface area contributed by atoms with Crippen LogP contribution in [-0.2, 0) is 0 Å². The first-order chi connectivity index (χ1) is 10.7. The topological polar surface area (TPSA) is 93.8 Å². The zero-order valence-electron chi connectivity index (χ0n) is 11.6. The number of nitrogens with one attached hydrogen (secondary N) is 1. The molecule has 6 heteroatoms. The summed E-state index contributed by atoms with van der Waals surface area (Å²) in [5, 5.41) is 3.09. The summed E-state index contributed by atoms with van der Waals surface area (Å²) in [6.45, 7) is 0. The Hall–Kier alpha value is -3.28. The maximum atomic E-state index is 11.4. The standard InChI is InChI=1S/C16H13N5O/c17-15(22)12-5-1-2-6-13(12)20-14-7-9-19-16(21-14)11-4-3-8-18-10-11/h1-10H,(H2,17,22)(H,19,20,21). The number of aromatic nitrogens is 3. The van der Waals surface area contributed by atoms with Gasteiger partial charge >= 0.3 is 0 Å². The van der Waals surface area contributed by atoms with Crippen LogP contribution in [0.25, 0.3) is 11.4 Å². The maximum Gasteiger partial charge on any atom is 0.250 e. The van der Waals surface area contributed by atoms with E-state index in [1.807, 2.05) is 18.2 Å². The van der Waals surface area contributed by atoms with Crippen molar-refractivity contribution in [2.24, 2.45) is 5.73 Å². The van der Waals surface area contributed by atoms with Crippen LogP contribution in [0.3, 0.4) is 0 Å². The lowest BCUT2D eigenvalue weighted by Gasteiger charge is -2.09. The number of para-hydroxylation sites is 1. The number of carbonyl (C=O) groups excluding carboxylic acids is 1. The third-order valence-corrected chi connectivity index (χ3v) is 3.03. The number of rotatable bonds is 4. The van der Waals surface area contributed by atoms with Gasteiger partial charge in [0.2, 0.25) is 0 Å². The second-order valence-electron chi connectivity index (χ2n) is 4.54. The Kier molecular flexibility index (Phi) is 3.74. The minimum absolute atomic E-state index is 0.407. The molecule has 0 radical (unpaired) electrons. The molecule has 1 aromatic carbocycles. The molecule has 3 rings (SSSR count). The van der Waals surface area contributed by atoms with Crippen molar-refractivity contribution in [3.63, 3.8) is 0 Å². The summed E-state index contributed by atoms with van der Waals surface area (Å²) in [5.74, 6) is 0.627. The third kappa shape index (κ3) is 2.90. The number of nitrogens with two attached hydrogens (primary N) is 1. The van der Waals surface area contributed by atoms with Crippen LogP contribution in [0.15, 0.2) is 61.1 Å². The van der Waals surface area contributed by atoms with Gasteiger partial charge in [-0.05, 0) is 30.3 Å². The summed E-state index contributed by atoms with van der Waals surface area (Å²) in [5.41, 5.74) is 7.19. The first kappa shape index (κ1) is 13.7. The minimum Gasteiger partial charge on any atom is -0.366 e. The first-order valence-electron chi connectivity index (χ1n) is 6.63. The van der Waals surface area contributed by atoms with E-state index in [1.54, 1.807) is 42.9 Å². The molecule has 0 unspecified atom stereocenters. The van der Waals surface area contributed by atoms with Crippen LogP contribution in [0.1, 0.15) is 10.4 Å². The van der Waals surface area contributed by atoms with Gasteiger partial charge in [-0.25, -0.2) is 9.97 Å². The molecule has 3 N–H and O–H groups in total. The predicted molar refractivity (Wildman–Crippen MR) is 83.5 cm³/mol. The highest BCUT2D eigenvalue weighted by atomic mass is 16.1. The molecule has 3 aromatic rings. The van der Waals surface area contributed by atoms with E-state index in [0.717, 1.165) is 5.56 Å². The van der Waals surface area contributed by atoms with Crippen molar-refractivity contribution in [2.75, 3.05) is 5.32 Å². The predicted octanol–water partition coefficient (Wildman–Crippen LogP) is 2.38. The fourth-order valence-electron chi connectivity index (χ4n) is 2.01. The van der Waals surface area contributed by atoms with E-state index in [1.165, 1.54) is 0 Å². The normalized spacial score (nSPS) is 10.2. The van der Waals surface area contributed by atoms with Crippen molar-refractivity contribution in [3.8, 4) is 11.4 Å². The maximum absolute atomic E-state index is 11.4. The molecule has 0 atom stereocenters. The van der Waals surface area contributed by atoms with E-state index in [2.05, 4.69) is 20.3 Å². The zero-order valence-corrected chi connectivity index (χ0v) is 11.6. The number of amides is 1. The number of anilines is 2. The Morgan fingerprint density at radius 3 is 2.68 bits per heavy atom. The third-order valence-electron chi connectivity index (χ3n) is 3.03. The Bertz CT molecular complexity index is 804. The molecule has 0 aliphatic heterocycles. The summed E-state index contributed by atoms with van der Waals surface area (Å²) in [7, 11) is 0. The van der Waals surface area contributed by atoms with Gasteiger partial charge in [0.15, 0.2) is 5.82 Å². The lowest BCUT2D eigenvalue weighted by molar-refractivity contribution is 0.100. The van der Waals surface area contributed by atoms with Gasteiger partial charge in [-0.3, -0.25) is 9.78 Å². The smallest absolute Gasteiger partial charge is 0.250 e. The molecule has 108 valence electrons. The van der Waals surface area contributed by atoms with Gasteiger partial charge in [0.1, 0.15) is 5.82 Å². The molecule has 0 saturated heterocycles. The highest BCUT2D eigenvalue weighted by molar-refractivity contribution is 5.99. The number of primary amides is 1. The van der Waals surface area contributed by atoms with Crippen LogP contribution in [0.5, 0.6) is 0 Å². The second kappa shape index (κ2) is 6.01. The van der Waals surface area contributed by atoms with Crippen LogP contribution < -0.4 is 11.1 Å². The summed E-state index contributed by atoms with van der Waals surface area (Å²) in [4.78, 5) is 24.1. The Morgan fingerprint density at radius 1 is 1.05 bits per heavy atom. The summed E-state index contributed by atoms with van der Waals surface area (Å²) >= 11 is 0. The molecule has 1 amide bonds. The lowest BCUT2D eigenvalue weighted by atomic mass is 10.1. The van der Waals surface area contributed by atoms with Crippen LogP contribution in [0.2, 0.25) is 0 Å². The molecule has 0 spiro atoms. The monoisotopic (exact) mass is 291 g/mol. The molecule has 0 saturated carbocycles. The van der Waals surface area contributed by atoms with E-state index in [9.17, 15) is 4.79 Å². The van der Waals surface area contributed by atoms with E-state index < -0.39 is 5.91 Å². The highest BCUT2D eigenvalue weighted by Gasteiger charge is 2.08. The van der Waals surface area contributed by atoms with Crippen molar-refractivity contribution in [1.82, 2.24) is 15.0 Å². The average Bonchev–Trinajstić information content (AvgIpc) is 2.56. The van der Waals surface area contributed by atoms with E-state index in [0.29, 0.717) is 22.9 Å². The Morgan fingerprint density at radius 2 is 1.91 bits per heavy atom. The van der Waals surface area contributed by atoms with Gasteiger partial charge in [-0.1, -0.05) is 12.1 Å². The first-order valence-corrected chi connectivity index (χ1v) is 6.63. The van der Waals surface area contributed by atoms with Gasteiger partial charge in [0, 0.05) is 24.2 Å². The molecule has 2 aromatic heterocycles. The molecular formula is C16H13N5O. The summed E-state index contributed by atoms with van der Waals surface area (Å²) < 4.78 is 0. The van der Waals surface area contributed by atoms with Crippen LogP contribution in [0, 0.1) is 0 Å². The average molecular weight is 291 g/mol. The van der Waals surface area contributed by atoms with Gasteiger partial charge in [0.05, 0.1) is 11.3 Å². The fourth-order valence-corrected chi connectivity index (χ4v) is 2.01. The van der Waals surface area contributed by atoms with Gasteiger partial charge in [-0.15, -0.1) is 0 Å². The van der Waals surface area contributed by atoms with Crippen molar-refractivity contribution in [1.29, 1.82) is 0 Å². The lowest BCUT2D eigenvalue weighted by Crippen LogP contribution is -2.13. The number of hydrogen-bond acceptors (Lipinski definition) is 5. The minimum atomic E-state index is -0.496. The Balaban J connectivity index is 1.93. The van der Waals surface area contributed by atoms with E-state index >= 15 is 0 Å². The zero-order chi connectivity index (χ0) is 15.4. The molecule has 2 heterocycles. The van der Waals surface area contributed by atoms with Crippen LogP contribution in [0.4, 0.5) is 11.5 Å². The van der Waals surface area contributed by atoms with Crippen molar-refractivity contribution in [2.45, 2.75) is 0 Å². The van der Waals surface area contributed by atoms with Crippen molar-refractivity contribution < 1.29 is 4.79 Å². The molecule has 0 aliphatic rings. The summed E-state index contributed by atoms with van der Waals surface area (Å²) in [6, 6.07) is 12.4. The summed E-state index contributed by atoms with van der Waals surface area (Å²) in [6.07, 6.45) is 5.02. The van der Waals surface area contributed by atoms with E-state index in [4.69, 9.17) is 5.73 Å². The molecule has 22 heavy (non-hydrogen) atoms.